The van der Waals surface area contributed by atoms with Crippen molar-refractivity contribution in [3.63, 3.8) is 0 Å². The predicted molar refractivity (Wildman–Crippen MR) is 144 cm³/mol. The predicted octanol–water partition coefficient (Wildman–Crippen LogP) is 6.59. The van der Waals surface area contributed by atoms with Crippen molar-refractivity contribution in [3.05, 3.63) is 74.4 Å². The van der Waals surface area contributed by atoms with Gasteiger partial charge in [-0.05, 0) is 74.9 Å². The normalized spacial score (nSPS) is 22.8. The van der Waals surface area contributed by atoms with E-state index in [0.717, 1.165) is 55.4 Å². The molecule has 2 aromatic carbocycles. The Morgan fingerprint density at radius 3 is 2.29 bits per heavy atom. The van der Waals surface area contributed by atoms with E-state index >= 15 is 0 Å². The molecular formula is C28H26Cl2N4O4. The van der Waals surface area contributed by atoms with Crippen molar-refractivity contribution < 1.29 is 13.8 Å². The van der Waals surface area contributed by atoms with Gasteiger partial charge in [-0.3, -0.25) is 9.51 Å². The minimum atomic E-state index is -0.554. The Kier molecular flexibility index (Phi) is 6.06. The molecule has 38 heavy (non-hydrogen) atoms. The summed E-state index contributed by atoms with van der Waals surface area (Å²) in [5, 5.41) is 9.29. The summed E-state index contributed by atoms with van der Waals surface area (Å²) in [7, 11) is 0. The van der Waals surface area contributed by atoms with E-state index in [2.05, 4.69) is 36.9 Å². The molecule has 2 saturated heterocycles. The van der Waals surface area contributed by atoms with Gasteiger partial charge in [-0.1, -0.05) is 39.6 Å². The van der Waals surface area contributed by atoms with Gasteiger partial charge in [0, 0.05) is 40.4 Å². The topological polar surface area (TPSA) is 97.4 Å². The van der Waals surface area contributed by atoms with Crippen molar-refractivity contribution in [2.45, 2.75) is 69.2 Å². The van der Waals surface area contributed by atoms with Crippen LogP contribution in [0.4, 0.5) is 5.69 Å². The van der Waals surface area contributed by atoms with Crippen LogP contribution in [0.15, 0.2) is 56.3 Å². The summed E-state index contributed by atoms with van der Waals surface area (Å²) in [6.07, 6.45) is 6.56. The first-order chi connectivity index (χ1) is 18.5. The summed E-state index contributed by atoms with van der Waals surface area (Å²) in [6, 6.07) is 14.4. The van der Waals surface area contributed by atoms with Crippen LogP contribution in [0.25, 0.3) is 22.6 Å². The minimum Gasteiger partial charge on any atom is -0.373 e. The van der Waals surface area contributed by atoms with Crippen LogP contribution in [-0.4, -0.2) is 33.5 Å². The number of anilines is 1. The van der Waals surface area contributed by atoms with Crippen LogP contribution in [0.2, 0.25) is 10.0 Å². The number of fused-ring (bicyclic) bond motifs is 2. The molecule has 3 aliphatic rings. The Bertz CT molecular complexity index is 1490. The lowest BCUT2D eigenvalue weighted by Gasteiger charge is -2.40. The lowest BCUT2D eigenvalue weighted by molar-refractivity contribution is 0.0147. The Morgan fingerprint density at radius 2 is 1.66 bits per heavy atom. The van der Waals surface area contributed by atoms with Gasteiger partial charge in [-0.15, -0.1) is 0 Å². The molecule has 0 amide bonds. The highest BCUT2D eigenvalue weighted by atomic mass is 35.5. The molecule has 196 valence electrons. The molecule has 2 aromatic heterocycles. The van der Waals surface area contributed by atoms with Gasteiger partial charge in [0.2, 0.25) is 0 Å². The van der Waals surface area contributed by atoms with Gasteiger partial charge >= 0.3 is 5.76 Å². The van der Waals surface area contributed by atoms with Crippen LogP contribution >= 0.6 is 23.2 Å². The molecule has 4 aromatic rings. The van der Waals surface area contributed by atoms with E-state index in [1.54, 1.807) is 0 Å². The second-order valence-corrected chi connectivity index (χ2v) is 11.2. The lowest BCUT2D eigenvalue weighted by Crippen LogP contribution is -2.45. The molecule has 7 rings (SSSR count). The average molecular weight is 553 g/mol. The van der Waals surface area contributed by atoms with Crippen LogP contribution in [0.5, 0.6) is 0 Å². The number of benzene rings is 2. The smallest absolute Gasteiger partial charge is 0.373 e. The van der Waals surface area contributed by atoms with Crippen molar-refractivity contribution >= 4 is 28.9 Å². The number of aromatic amines is 1. The Hall–Kier alpha value is -3.07. The van der Waals surface area contributed by atoms with Crippen LogP contribution < -0.4 is 10.7 Å². The first-order valence-corrected chi connectivity index (χ1v) is 13.8. The molecule has 2 unspecified atom stereocenters. The average Bonchev–Trinajstić information content (AvgIpc) is 3.44. The summed E-state index contributed by atoms with van der Waals surface area (Å²) >= 11 is 13.0. The largest absolute Gasteiger partial charge is 0.439 e. The van der Waals surface area contributed by atoms with E-state index in [0.29, 0.717) is 51.7 Å². The third kappa shape index (κ3) is 4.34. The number of H-pyrrole nitrogens is 1. The molecule has 8 nitrogen and oxygen atoms in total. The summed E-state index contributed by atoms with van der Waals surface area (Å²) in [6.45, 7) is 0.431. The third-order valence-electron chi connectivity index (χ3n) is 8.00. The molecule has 3 fully saturated rings. The van der Waals surface area contributed by atoms with E-state index in [9.17, 15) is 4.79 Å². The number of nitrogens with zero attached hydrogens (tertiary/aromatic N) is 3. The summed E-state index contributed by atoms with van der Waals surface area (Å²) in [5.41, 5.74) is 4.37. The molecule has 0 spiro atoms. The second-order valence-electron chi connectivity index (χ2n) is 10.4. The van der Waals surface area contributed by atoms with Gasteiger partial charge in [0.15, 0.2) is 5.82 Å². The van der Waals surface area contributed by atoms with Crippen LogP contribution in [0.3, 0.4) is 0 Å². The fourth-order valence-corrected chi connectivity index (χ4v) is 6.66. The SMILES string of the molecule is O=c1[nH]c(-c2ccc(N3C4CCC3CC(OCc3c(-c5c(Cl)cccc5Cl)noc3C3CC3)C4)cc2)no1. The summed E-state index contributed by atoms with van der Waals surface area (Å²) < 4.78 is 17.0. The highest BCUT2D eigenvalue weighted by Gasteiger charge is 2.42. The molecule has 2 atom stereocenters. The van der Waals surface area contributed by atoms with Crippen LogP contribution in [0, 0.1) is 0 Å². The van der Waals surface area contributed by atoms with Crippen LogP contribution in [0.1, 0.15) is 55.8 Å². The number of aromatic nitrogens is 3. The van der Waals surface area contributed by atoms with E-state index in [1.807, 2.05) is 30.3 Å². The molecule has 1 N–H and O–H groups in total. The number of hydrogen-bond donors (Lipinski definition) is 1. The van der Waals surface area contributed by atoms with Crippen molar-refractivity contribution in [2.75, 3.05) is 4.90 Å². The first kappa shape index (κ1) is 24.0. The lowest BCUT2D eigenvalue weighted by atomic mass is 9.98. The maximum absolute atomic E-state index is 11.3. The fourth-order valence-electron chi connectivity index (χ4n) is 6.08. The standard InChI is InChI=1S/C28H26Cl2N4O4/c29-22-2-1-3-23(30)24(22)25-21(26(37-32-25)15-4-5-15)14-36-20-12-18-10-11-19(13-20)34(18)17-8-6-16(7-9-17)27-31-28(35)38-33-27/h1-3,6-9,15,18-20H,4-5,10-14H2,(H,31,33,35). The number of halogens is 2. The van der Waals surface area contributed by atoms with Crippen LogP contribution in [-0.2, 0) is 11.3 Å². The molecule has 2 aliphatic heterocycles. The van der Waals surface area contributed by atoms with Crippen molar-refractivity contribution in [2.24, 2.45) is 0 Å². The van der Waals surface area contributed by atoms with Gasteiger partial charge in [0.05, 0.1) is 22.8 Å². The molecule has 2 bridgehead atoms. The molecule has 1 saturated carbocycles. The molecule has 0 radical (unpaired) electrons. The number of hydrogen-bond acceptors (Lipinski definition) is 7. The summed E-state index contributed by atoms with van der Waals surface area (Å²) in [4.78, 5) is 16.4. The third-order valence-corrected chi connectivity index (χ3v) is 8.63. The zero-order chi connectivity index (χ0) is 25.8. The molecular weight excluding hydrogens is 527 g/mol. The number of nitrogens with one attached hydrogen (secondary N) is 1. The molecule has 4 heterocycles. The number of rotatable bonds is 7. The molecule has 10 heteroatoms. The maximum Gasteiger partial charge on any atom is 0.439 e. The first-order valence-electron chi connectivity index (χ1n) is 13.0. The maximum atomic E-state index is 11.3. The zero-order valence-electron chi connectivity index (χ0n) is 20.5. The van der Waals surface area contributed by atoms with Gasteiger partial charge < -0.3 is 14.2 Å². The van der Waals surface area contributed by atoms with Gasteiger partial charge in [-0.25, -0.2) is 4.79 Å². The van der Waals surface area contributed by atoms with E-state index in [1.165, 1.54) is 5.69 Å². The van der Waals surface area contributed by atoms with Gasteiger partial charge in [-0.2, -0.15) is 0 Å². The Morgan fingerprint density at radius 1 is 0.947 bits per heavy atom. The molecule has 1 aliphatic carbocycles. The fraction of sp³-hybridized carbons (Fsp3) is 0.393. The number of ether oxygens (including phenoxy) is 1. The monoisotopic (exact) mass is 552 g/mol. The quantitative estimate of drug-likeness (QED) is 0.276. The minimum absolute atomic E-state index is 0.153. The van der Waals surface area contributed by atoms with Gasteiger partial charge in [0.25, 0.3) is 0 Å². The van der Waals surface area contributed by atoms with E-state index in [4.69, 9.17) is 32.5 Å². The Labute approximate surface area is 228 Å². The second kappa shape index (κ2) is 9.59. The summed E-state index contributed by atoms with van der Waals surface area (Å²) in [5.74, 6) is 1.19. The van der Waals surface area contributed by atoms with E-state index < -0.39 is 5.76 Å². The van der Waals surface area contributed by atoms with Gasteiger partial charge in [0.1, 0.15) is 11.5 Å². The van der Waals surface area contributed by atoms with Crippen molar-refractivity contribution in [1.82, 2.24) is 15.3 Å². The highest BCUT2D eigenvalue weighted by molar-refractivity contribution is 6.39. The van der Waals surface area contributed by atoms with E-state index in [-0.39, 0.29) is 6.10 Å². The zero-order valence-corrected chi connectivity index (χ0v) is 22.0. The van der Waals surface area contributed by atoms with Crippen molar-refractivity contribution in [3.8, 4) is 22.6 Å². The highest BCUT2D eigenvalue weighted by Crippen LogP contribution is 2.47. The Balaban J connectivity index is 1.07. The number of piperidine rings is 1. The van der Waals surface area contributed by atoms with Crippen molar-refractivity contribution in [1.29, 1.82) is 0 Å².